The molecule has 0 spiro atoms. The van der Waals surface area contributed by atoms with Crippen molar-refractivity contribution in [1.82, 2.24) is 9.55 Å². The Labute approximate surface area is 120 Å². The van der Waals surface area contributed by atoms with Crippen LogP contribution in [-0.4, -0.2) is 28.3 Å². The van der Waals surface area contributed by atoms with Crippen molar-refractivity contribution in [3.05, 3.63) is 30.1 Å². The molecule has 0 fully saturated rings. The van der Waals surface area contributed by atoms with E-state index in [2.05, 4.69) is 36.6 Å². The van der Waals surface area contributed by atoms with Crippen LogP contribution in [0.1, 0.15) is 33.0 Å². The summed E-state index contributed by atoms with van der Waals surface area (Å²) >= 11 is 0. The van der Waals surface area contributed by atoms with Crippen LogP contribution < -0.4 is 5.73 Å². The molecule has 4 nitrogen and oxygen atoms in total. The number of hydrogen-bond acceptors (Lipinski definition) is 3. The number of fused-ring (bicyclic) bond motifs is 1. The molecule has 2 N–H and O–H groups in total. The molecule has 1 heterocycles. The summed E-state index contributed by atoms with van der Waals surface area (Å²) in [6, 6.07) is 8.22. The number of hydrogen-bond donors (Lipinski definition) is 1. The summed E-state index contributed by atoms with van der Waals surface area (Å²) in [7, 11) is 0. The molecule has 0 saturated carbocycles. The molecule has 2 rings (SSSR count). The summed E-state index contributed by atoms with van der Waals surface area (Å²) in [4.78, 5) is 4.73. The van der Waals surface area contributed by atoms with Crippen molar-refractivity contribution >= 4 is 11.0 Å². The fourth-order valence-corrected chi connectivity index (χ4v) is 2.73. The van der Waals surface area contributed by atoms with Crippen LogP contribution in [0.15, 0.2) is 24.3 Å². The number of rotatable bonds is 7. The van der Waals surface area contributed by atoms with Crippen LogP contribution in [0.25, 0.3) is 11.0 Å². The highest BCUT2D eigenvalue weighted by molar-refractivity contribution is 5.75. The zero-order valence-electron chi connectivity index (χ0n) is 12.7. The van der Waals surface area contributed by atoms with E-state index in [1.807, 2.05) is 13.0 Å². The summed E-state index contributed by atoms with van der Waals surface area (Å²) in [5.74, 6) is 1.05. The van der Waals surface area contributed by atoms with E-state index in [0.717, 1.165) is 30.7 Å². The molecule has 0 aliphatic carbocycles. The van der Waals surface area contributed by atoms with E-state index in [-0.39, 0.29) is 12.1 Å². The molecule has 2 aromatic rings. The second-order valence-electron chi connectivity index (χ2n) is 5.03. The van der Waals surface area contributed by atoms with Crippen molar-refractivity contribution in [2.45, 2.75) is 52.3 Å². The lowest BCUT2D eigenvalue weighted by Gasteiger charge is -2.22. The average molecular weight is 275 g/mol. The number of imidazole rings is 1. The van der Waals surface area contributed by atoms with Crippen molar-refractivity contribution in [3.8, 4) is 0 Å². The van der Waals surface area contributed by atoms with Gasteiger partial charge in [-0.15, -0.1) is 0 Å². The normalized spacial score (nSPS) is 14.6. The lowest BCUT2D eigenvalue weighted by molar-refractivity contribution is 0.0411. The minimum absolute atomic E-state index is 0.0120. The smallest absolute Gasteiger partial charge is 0.111 e. The molecule has 0 radical (unpaired) electrons. The van der Waals surface area contributed by atoms with E-state index < -0.39 is 0 Å². The van der Waals surface area contributed by atoms with Crippen molar-refractivity contribution in [1.29, 1.82) is 0 Å². The molecule has 4 heteroatoms. The lowest BCUT2D eigenvalue weighted by atomic mass is 10.1. The summed E-state index contributed by atoms with van der Waals surface area (Å²) in [6.07, 6.45) is 1.78. The van der Waals surface area contributed by atoms with Gasteiger partial charge in [0.05, 0.1) is 17.1 Å². The van der Waals surface area contributed by atoms with Crippen LogP contribution in [0.5, 0.6) is 0 Å². The summed E-state index contributed by atoms with van der Waals surface area (Å²) < 4.78 is 7.95. The highest BCUT2D eigenvalue weighted by atomic mass is 16.5. The zero-order chi connectivity index (χ0) is 14.5. The van der Waals surface area contributed by atoms with E-state index in [0.29, 0.717) is 6.61 Å². The third-order valence-corrected chi connectivity index (χ3v) is 3.73. The van der Waals surface area contributed by atoms with Gasteiger partial charge in [-0.2, -0.15) is 0 Å². The molecule has 1 aromatic carbocycles. The van der Waals surface area contributed by atoms with Crippen LogP contribution in [0, 0.1) is 0 Å². The molecule has 1 aromatic heterocycles. The maximum Gasteiger partial charge on any atom is 0.111 e. The Kier molecular flexibility index (Phi) is 5.15. The van der Waals surface area contributed by atoms with Gasteiger partial charge in [0.25, 0.3) is 0 Å². The Hall–Kier alpha value is -1.39. The van der Waals surface area contributed by atoms with Crippen molar-refractivity contribution < 1.29 is 4.74 Å². The van der Waals surface area contributed by atoms with Crippen molar-refractivity contribution in [3.63, 3.8) is 0 Å². The maximum absolute atomic E-state index is 6.31. The Balaban J connectivity index is 2.24. The fourth-order valence-electron chi connectivity index (χ4n) is 2.73. The van der Waals surface area contributed by atoms with E-state index in [1.54, 1.807) is 0 Å². The minimum Gasteiger partial charge on any atom is -0.377 e. The largest absolute Gasteiger partial charge is 0.377 e. The first-order valence-electron chi connectivity index (χ1n) is 7.52. The van der Waals surface area contributed by atoms with Crippen molar-refractivity contribution in [2.75, 3.05) is 6.61 Å². The molecular formula is C16H25N3O. The highest BCUT2D eigenvalue weighted by Gasteiger charge is 2.19. The van der Waals surface area contributed by atoms with Gasteiger partial charge in [0.15, 0.2) is 0 Å². The van der Waals surface area contributed by atoms with Gasteiger partial charge in [0.1, 0.15) is 5.82 Å². The SMILES string of the molecule is CCOC(CC)C(N)Cc1nc2ccccc2n1CC. The van der Waals surface area contributed by atoms with Gasteiger partial charge >= 0.3 is 0 Å². The van der Waals surface area contributed by atoms with E-state index in [4.69, 9.17) is 15.5 Å². The highest BCUT2D eigenvalue weighted by Crippen LogP contribution is 2.18. The van der Waals surface area contributed by atoms with Crippen LogP contribution >= 0.6 is 0 Å². The Morgan fingerprint density at radius 3 is 2.65 bits per heavy atom. The number of ether oxygens (including phenoxy) is 1. The topological polar surface area (TPSA) is 53.1 Å². The molecule has 20 heavy (non-hydrogen) atoms. The number of nitrogens with two attached hydrogens (primary N) is 1. The minimum atomic E-state index is -0.0120. The predicted molar refractivity (Wildman–Crippen MR) is 82.8 cm³/mol. The first-order chi connectivity index (χ1) is 9.71. The zero-order valence-corrected chi connectivity index (χ0v) is 12.7. The molecule has 0 saturated heterocycles. The number of benzene rings is 1. The predicted octanol–water partition coefficient (Wildman–Crippen LogP) is 2.74. The monoisotopic (exact) mass is 275 g/mol. The Bertz CT molecular complexity index is 550. The quantitative estimate of drug-likeness (QED) is 0.845. The van der Waals surface area contributed by atoms with Crippen LogP contribution in [-0.2, 0) is 17.7 Å². The standard InChI is InChI=1S/C16H25N3O/c1-4-15(20-6-3)12(17)11-16-18-13-9-7-8-10-14(13)19(16)5-2/h7-10,12,15H,4-6,11,17H2,1-3H3. The summed E-state index contributed by atoms with van der Waals surface area (Å²) in [6.45, 7) is 7.88. The average Bonchev–Trinajstić information content (AvgIpc) is 2.81. The van der Waals surface area contributed by atoms with Gasteiger partial charge in [-0.1, -0.05) is 19.1 Å². The maximum atomic E-state index is 6.31. The molecule has 2 atom stereocenters. The number of nitrogens with zero attached hydrogens (tertiary/aromatic N) is 2. The molecule has 2 unspecified atom stereocenters. The molecule has 0 aliphatic rings. The van der Waals surface area contributed by atoms with Crippen molar-refractivity contribution in [2.24, 2.45) is 5.73 Å². The first-order valence-corrected chi connectivity index (χ1v) is 7.52. The van der Waals surface area contributed by atoms with Crippen LogP contribution in [0.2, 0.25) is 0 Å². The van der Waals surface area contributed by atoms with Gasteiger partial charge in [0.2, 0.25) is 0 Å². The molecular weight excluding hydrogens is 250 g/mol. The Morgan fingerprint density at radius 1 is 1.25 bits per heavy atom. The fraction of sp³-hybridized carbons (Fsp3) is 0.562. The summed E-state index contributed by atoms with van der Waals surface area (Å²) in [5.41, 5.74) is 8.54. The first kappa shape index (κ1) is 15.0. The number of aryl methyl sites for hydroxylation is 1. The molecule has 110 valence electrons. The second-order valence-corrected chi connectivity index (χ2v) is 5.03. The lowest BCUT2D eigenvalue weighted by Crippen LogP contribution is -2.39. The van der Waals surface area contributed by atoms with Gasteiger partial charge in [-0.25, -0.2) is 4.98 Å². The van der Waals surface area contributed by atoms with Gasteiger partial charge < -0.3 is 15.0 Å². The van der Waals surface area contributed by atoms with Gasteiger partial charge in [-0.05, 0) is 32.4 Å². The van der Waals surface area contributed by atoms with E-state index >= 15 is 0 Å². The third kappa shape index (κ3) is 3.02. The van der Waals surface area contributed by atoms with Gasteiger partial charge in [0, 0.05) is 25.6 Å². The number of aromatic nitrogens is 2. The van der Waals surface area contributed by atoms with Crippen LogP contribution in [0.3, 0.4) is 0 Å². The van der Waals surface area contributed by atoms with Crippen LogP contribution in [0.4, 0.5) is 0 Å². The Morgan fingerprint density at radius 2 is 2.00 bits per heavy atom. The molecule has 0 amide bonds. The molecule has 0 bridgehead atoms. The van der Waals surface area contributed by atoms with E-state index in [9.17, 15) is 0 Å². The third-order valence-electron chi connectivity index (χ3n) is 3.73. The van der Waals surface area contributed by atoms with Gasteiger partial charge in [-0.3, -0.25) is 0 Å². The van der Waals surface area contributed by atoms with E-state index in [1.165, 1.54) is 5.52 Å². The molecule has 0 aliphatic heterocycles. The summed E-state index contributed by atoms with van der Waals surface area (Å²) in [5, 5.41) is 0. The second kappa shape index (κ2) is 6.86. The number of para-hydroxylation sites is 2.